The summed E-state index contributed by atoms with van der Waals surface area (Å²) in [5, 5.41) is 0. The van der Waals surface area contributed by atoms with Gasteiger partial charge in [-0.2, -0.15) is 0 Å². The third-order valence-electron chi connectivity index (χ3n) is 4.31. The molecule has 1 aliphatic heterocycles. The van der Waals surface area contributed by atoms with E-state index in [-0.39, 0.29) is 0 Å². The van der Waals surface area contributed by atoms with E-state index in [4.69, 9.17) is 5.73 Å². The standard InChI is InChI=1S/C12H25N3/c1-12(2)9-15(7-6-14(12)3)11-5-4-10(13)8-11/h10-11H,4-9,13H2,1-3H3. The quantitative estimate of drug-likeness (QED) is 0.699. The first-order valence-corrected chi connectivity index (χ1v) is 6.20. The Morgan fingerprint density at radius 1 is 1.20 bits per heavy atom. The van der Waals surface area contributed by atoms with Crippen molar-refractivity contribution in [3.63, 3.8) is 0 Å². The smallest absolute Gasteiger partial charge is 0.0277 e. The third kappa shape index (κ3) is 2.35. The van der Waals surface area contributed by atoms with Crippen molar-refractivity contribution in [3.05, 3.63) is 0 Å². The molecule has 0 aromatic carbocycles. The molecule has 2 N–H and O–H groups in total. The average molecular weight is 211 g/mol. The van der Waals surface area contributed by atoms with Crippen LogP contribution < -0.4 is 5.73 Å². The summed E-state index contributed by atoms with van der Waals surface area (Å²) in [6.07, 6.45) is 3.73. The fourth-order valence-corrected chi connectivity index (χ4v) is 2.91. The fraction of sp³-hybridized carbons (Fsp3) is 1.00. The van der Waals surface area contributed by atoms with Crippen LogP contribution in [-0.2, 0) is 0 Å². The van der Waals surface area contributed by atoms with E-state index in [0.717, 1.165) is 6.04 Å². The molecule has 88 valence electrons. The molecular formula is C12H25N3. The number of likely N-dealkylation sites (N-methyl/N-ethyl adjacent to an activating group) is 1. The molecule has 0 aromatic heterocycles. The van der Waals surface area contributed by atoms with Gasteiger partial charge in [-0.05, 0) is 40.2 Å². The summed E-state index contributed by atoms with van der Waals surface area (Å²) in [5.74, 6) is 0. The van der Waals surface area contributed by atoms with Crippen molar-refractivity contribution in [3.8, 4) is 0 Å². The topological polar surface area (TPSA) is 32.5 Å². The van der Waals surface area contributed by atoms with Crippen molar-refractivity contribution in [1.82, 2.24) is 9.80 Å². The van der Waals surface area contributed by atoms with Crippen molar-refractivity contribution >= 4 is 0 Å². The molecule has 2 fully saturated rings. The number of nitrogens with zero attached hydrogens (tertiary/aromatic N) is 2. The van der Waals surface area contributed by atoms with E-state index in [0.29, 0.717) is 11.6 Å². The van der Waals surface area contributed by atoms with Crippen LogP contribution in [-0.4, -0.2) is 54.1 Å². The van der Waals surface area contributed by atoms with E-state index in [1.54, 1.807) is 0 Å². The Labute approximate surface area is 93.6 Å². The molecule has 0 amide bonds. The summed E-state index contributed by atoms with van der Waals surface area (Å²) in [6.45, 7) is 8.29. The first-order valence-electron chi connectivity index (χ1n) is 6.20. The highest BCUT2D eigenvalue weighted by Gasteiger charge is 2.36. The van der Waals surface area contributed by atoms with Crippen molar-refractivity contribution in [1.29, 1.82) is 0 Å². The molecule has 2 unspecified atom stereocenters. The number of piperazine rings is 1. The highest BCUT2D eigenvalue weighted by molar-refractivity contribution is 4.93. The predicted octanol–water partition coefficient (Wildman–Crippen LogP) is 0.892. The Balaban J connectivity index is 1.95. The second-order valence-electron chi connectivity index (χ2n) is 5.93. The lowest BCUT2D eigenvalue weighted by Gasteiger charge is -2.47. The maximum atomic E-state index is 5.99. The maximum absolute atomic E-state index is 5.99. The monoisotopic (exact) mass is 211 g/mol. The van der Waals surface area contributed by atoms with Gasteiger partial charge in [-0.3, -0.25) is 9.80 Å². The zero-order chi connectivity index (χ0) is 11.1. The fourth-order valence-electron chi connectivity index (χ4n) is 2.91. The minimum absolute atomic E-state index is 0.324. The van der Waals surface area contributed by atoms with Gasteiger partial charge in [-0.1, -0.05) is 0 Å². The molecule has 15 heavy (non-hydrogen) atoms. The first kappa shape index (κ1) is 11.4. The number of hydrogen-bond donors (Lipinski definition) is 1. The zero-order valence-electron chi connectivity index (χ0n) is 10.4. The molecule has 1 saturated carbocycles. The van der Waals surface area contributed by atoms with Crippen molar-refractivity contribution in [2.24, 2.45) is 5.73 Å². The lowest BCUT2D eigenvalue weighted by Crippen LogP contribution is -2.59. The van der Waals surface area contributed by atoms with E-state index in [2.05, 4.69) is 30.7 Å². The van der Waals surface area contributed by atoms with Gasteiger partial charge in [-0.25, -0.2) is 0 Å². The van der Waals surface area contributed by atoms with Crippen LogP contribution in [0.1, 0.15) is 33.1 Å². The molecule has 1 saturated heterocycles. The van der Waals surface area contributed by atoms with Gasteiger partial charge in [-0.15, -0.1) is 0 Å². The maximum Gasteiger partial charge on any atom is 0.0277 e. The van der Waals surface area contributed by atoms with Crippen LogP contribution >= 0.6 is 0 Å². The van der Waals surface area contributed by atoms with Crippen LogP contribution in [0.15, 0.2) is 0 Å². The van der Waals surface area contributed by atoms with Crippen molar-refractivity contribution in [2.75, 3.05) is 26.7 Å². The Morgan fingerprint density at radius 2 is 1.93 bits per heavy atom. The van der Waals surface area contributed by atoms with E-state index >= 15 is 0 Å². The Morgan fingerprint density at radius 3 is 2.47 bits per heavy atom. The molecule has 1 aliphatic carbocycles. The molecule has 2 rings (SSSR count). The molecule has 3 heteroatoms. The Bertz CT molecular complexity index is 227. The minimum atomic E-state index is 0.324. The van der Waals surface area contributed by atoms with Gasteiger partial charge >= 0.3 is 0 Å². The largest absolute Gasteiger partial charge is 0.328 e. The van der Waals surface area contributed by atoms with Gasteiger partial charge in [0.2, 0.25) is 0 Å². The van der Waals surface area contributed by atoms with Gasteiger partial charge < -0.3 is 5.73 Å². The second-order valence-corrected chi connectivity index (χ2v) is 5.93. The third-order valence-corrected chi connectivity index (χ3v) is 4.31. The lowest BCUT2D eigenvalue weighted by atomic mass is 9.98. The minimum Gasteiger partial charge on any atom is -0.328 e. The SMILES string of the molecule is CN1CCN(C2CCC(N)C2)CC1(C)C. The summed E-state index contributed by atoms with van der Waals surface area (Å²) in [6, 6.07) is 1.21. The molecule has 2 aliphatic rings. The highest BCUT2D eigenvalue weighted by Crippen LogP contribution is 2.27. The predicted molar refractivity (Wildman–Crippen MR) is 63.9 cm³/mol. The molecular weight excluding hydrogens is 186 g/mol. The summed E-state index contributed by atoms with van der Waals surface area (Å²) in [7, 11) is 2.23. The Kier molecular flexibility index (Phi) is 3.06. The van der Waals surface area contributed by atoms with Crippen molar-refractivity contribution < 1.29 is 0 Å². The number of nitrogens with two attached hydrogens (primary N) is 1. The summed E-state index contributed by atoms with van der Waals surface area (Å²) >= 11 is 0. The lowest BCUT2D eigenvalue weighted by molar-refractivity contribution is 0.0179. The van der Waals surface area contributed by atoms with Crippen LogP contribution in [0.2, 0.25) is 0 Å². The average Bonchev–Trinajstić information content (AvgIpc) is 2.57. The Hall–Kier alpha value is -0.120. The number of rotatable bonds is 1. The van der Waals surface area contributed by atoms with E-state index in [1.807, 2.05) is 0 Å². The molecule has 0 radical (unpaired) electrons. The normalized spacial score (nSPS) is 38.4. The molecule has 0 bridgehead atoms. The van der Waals surface area contributed by atoms with Gasteiger partial charge in [0, 0.05) is 37.3 Å². The molecule has 1 heterocycles. The molecule has 0 aromatic rings. The molecule has 3 nitrogen and oxygen atoms in total. The molecule has 0 spiro atoms. The van der Waals surface area contributed by atoms with Gasteiger partial charge in [0.25, 0.3) is 0 Å². The van der Waals surface area contributed by atoms with Crippen LogP contribution in [0.3, 0.4) is 0 Å². The first-order chi connectivity index (χ1) is 6.99. The number of hydrogen-bond acceptors (Lipinski definition) is 3. The van der Waals surface area contributed by atoms with E-state index in [9.17, 15) is 0 Å². The van der Waals surface area contributed by atoms with Crippen LogP contribution in [0.5, 0.6) is 0 Å². The van der Waals surface area contributed by atoms with Gasteiger partial charge in [0.1, 0.15) is 0 Å². The van der Waals surface area contributed by atoms with Gasteiger partial charge in [0.15, 0.2) is 0 Å². The highest BCUT2D eigenvalue weighted by atomic mass is 15.3. The van der Waals surface area contributed by atoms with Crippen LogP contribution in [0, 0.1) is 0 Å². The summed E-state index contributed by atoms with van der Waals surface area (Å²) in [4.78, 5) is 5.13. The van der Waals surface area contributed by atoms with Gasteiger partial charge in [0.05, 0.1) is 0 Å². The zero-order valence-corrected chi connectivity index (χ0v) is 10.4. The van der Waals surface area contributed by atoms with Crippen LogP contribution in [0.25, 0.3) is 0 Å². The molecule has 2 atom stereocenters. The van der Waals surface area contributed by atoms with Crippen LogP contribution in [0.4, 0.5) is 0 Å². The van der Waals surface area contributed by atoms with E-state index < -0.39 is 0 Å². The summed E-state index contributed by atoms with van der Waals surface area (Å²) in [5.41, 5.74) is 6.31. The van der Waals surface area contributed by atoms with E-state index in [1.165, 1.54) is 38.9 Å². The summed E-state index contributed by atoms with van der Waals surface area (Å²) < 4.78 is 0. The second kappa shape index (κ2) is 4.04. The van der Waals surface area contributed by atoms with Crippen molar-refractivity contribution in [2.45, 2.75) is 50.7 Å².